The summed E-state index contributed by atoms with van der Waals surface area (Å²) in [6, 6.07) is 14.6. The number of esters is 1. The molecule has 0 aliphatic carbocycles. The number of nitrogens with one attached hydrogen (secondary N) is 2. The van der Waals surface area contributed by atoms with Crippen LogP contribution in [0.4, 0.5) is 5.69 Å². The van der Waals surface area contributed by atoms with Crippen LogP contribution in [0.3, 0.4) is 0 Å². The second-order valence-corrected chi connectivity index (χ2v) is 5.60. The maximum absolute atomic E-state index is 11.9. The molecule has 2 N–H and O–H groups in total. The summed E-state index contributed by atoms with van der Waals surface area (Å²) in [5.74, 6) is 0.374. The van der Waals surface area contributed by atoms with Crippen LogP contribution < -0.4 is 15.4 Å². The van der Waals surface area contributed by atoms with Crippen LogP contribution >= 0.6 is 0 Å². The lowest BCUT2D eigenvalue weighted by Gasteiger charge is -2.09. The maximum Gasteiger partial charge on any atom is 0.338 e. The Kier molecular flexibility index (Phi) is 7.49. The minimum atomic E-state index is -0.352. The van der Waals surface area contributed by atoms with E-state index in [0.29, 0.717) is 18.7 Å². The second-order valence-electron chi connectivity index (χ2n) is 5.60. The van der Waals surface area contributed by atoms with Gasteiger partial charge in [0.15, 0.2) is 0 Å². The number of hydrogen-bond donors (Lipinski definition) is 2. The number of carbonyl (C=O) groups is 2. The Morgan fingerprint density at radius 1 is 1.00 bits per heavy atom. The highest BCUT2D eigenvalue weighted by atomic mass is 16.5. The molecule has 0 saturated carbocycles. The number of carbonyl (C=O) groups excluding carboxylic acids is 2. The Morgan fingerprint density at radius 2 is 1.69 bits per heavy atom. The molecule has 138 valence electrons. The fraction of sp³-hybridized carbons (Fsp3) is 0.300. The molecule has 2 aromatic carbocycles. The Balaban J connectivity index is 1.70. The minimum absolute atomic E-state index is 0.0898. The number of benzene rings is 2. The van der Waals surface area contributed by atoms with Crippen molar-refractivity contribution in [3.8, 4) is 5.75 Å². The zero-order chi connectivity index (χ0) is 18.8. The third kappa shape index (κ3) is 6.12. The van der Waals surface area contributed by atoms with E-state index in [4.69, 9.17) is 9.47 Å². The molecule has 0 fully saturated rings. The first kappa shape index (κ1) is 19.3. The fourth-order valence-corrected chi connectivity index (χ4v) is 2.32. The summed E-state index contributed by atoms with van der Waals surface area (Å²) in [4.78, 5) is 23.5. The van der Waals surface area contributed by atoms with E-state index in [1.54, 1.807) is 38.3 Å². The molecule has 0 atom stereocenters. The molecule has 2 rings (SSSR count). The molecule has 0 aromatic heterocycles. The first-order valence-electron chi connectivity index (χ1n) is 8.53. The zero-order valence-electron chi connectivity index (χ0n) is 15.1. The van der Waals surface area contributed by atoms with Gasteiger partial charge in [-0.1, -0.05) is 12.1 Å². The van der Waals surface area contributed by atoms with Crippen molar-refractivity contribution in [3.05, 3.63) is 59.7 Å². The quantitative estimate of drug-likeness (QED) is 0.676. The highest BCUT2D eigenvalue weighted by Gasteiger charge is 2.06. The third-order valence-corrected chi connectivity index (χ3v) is 3.74. The molecular weight excluding hydrogens is 332 g/mol. The monoisotopic (exact) mass is 356 g/mol. The van der Waals surface area contributed by atoms with Crippen LogP contribution in [-0.4, -0.2) is 38.7 Å². The summed E-state index contributed by atoms with van der Waals surface area (Å²) in [7, 11) is 1.63. The van der Waals surface area contributed by atoms with Gasteiger partial charge in [0, 0.05) is 12.2 Å². The lowest BCUT2D eigenvalue weighted by atomic mass is 10.1. The molecule has 6 heteroatoms. The molecule has 0 bridgehead atoms. The number of ether oxygens (including phenoxy) is 2. The minimum Gasteiger partial charge on any atom is -0.497 e. The topological polar surface area (TPSA) is 76.7 Å². The number of rotatable bonds is 9. The number of methoxy groups -OCH3 is 1. The van der Waals surface area contributed by atoms with Crippen LogP contribution in [0.25, 0.3) is 0 Å². The predicted molar refractivity (Wildman–Crippen MR) is 101 cm³/mol. The van der Waals surface area contributed by atoms with E-state index >= 15 is 0 Å². The van der Waals surface area contributed by atoms with Crippen LogP contribution in [0.1, 0.15) is 22.8 Å². The number of anilines is 1. The Hall–Kier alpha value is -3.02. The Labute approximate surface area is 153 Å². The van der Waals surface area contributed by atoms with Gasteiger partial charge in [-0.15, -0.1) is 0 Å². The van der Waals surface area contributed by atoms with E-state index < -0.39 is 0 Å². The molecule has 0 heterocycles. The average molecular weight is 356 g/mol. The molecule has 0 unspecified atom stereocenters. The van der Waals surface area contributed by atoms with Crippen molar-refractivity contribution in [3.63, 3.8) is 0 Å². The van der Waals surface area contributed by atoms with Crippen LogP contribution in [0.5, 0.6) is 5.75 Å². The van der Waals surface area contributed by atoms with E-state index in [-0.39, 0.29) is 18.4 Å². The second kappa shape index (κ2) is 10.1. The highest BCUT2D eigenvalue weighted by molar-refractivity contribution is 5.90. The molecule has 0 saturated heterocycles. The molecule has 26 heavy (non-hydrogen) atoms. The highest BCUT2D eigenvalue weighted by Crippen LogP contribution is 2.12. The van der Waals surface area contributed by atoms with E-state index in [0.717, 1.165) is 23.4 Å². The summed E-state index contributed by atoms with van der Waals surface area (Å²) in [6.45, 7) is 2.84. The van der Waals surface area contributed by atoms with Crippen molar-refractivity contribution >= 4 is 17.6 Å². The van der Waals surface area contributed by atoms with Crippen LogP contribution in [0.15, 0.2) is 48.5 Å². The standard InChI is InChI=1S/C20H24N2O4/c1-3-26-20(24)16-6-8-17(9-7-16)22-14-19(23)21-13-12-15-4-10-18(25-2)11-5-15/h4-11,22H,3,12-14H2,1-2H3,(H,21,23). The smallest absolute Gasteiger partial charge is 0.338 e. The fourth-order valence-electron chi connectivity index (χ4n) is 2.32. The van der Waals surface area contributed by atoms with Gasteiger partial charge in [0.05, 0.1) is 25.8 Å². The largest absolute Gasteiger partial charge is 0.497 e. The molecule has 0 aliphatic rings. The summed E-state index contributed by atoms with van der Waals surface area (Å²) in [5, 5.41) is 5.90. The lowest BCUT2D eigenvalue weighted by molar-refractivity contribution is -0.119. The molecule has 0 aliphatic heterocycles. The van der Waals surface area contributed by atoms with Gasteiger partial charge in [0.2, 0.25) is 5.91 Å². The van der Waals surface area contributed by atoms with E-state index in [9.17, 15) is 9.59 Å². The summed E-state index contributed by atoms with van der Waals surface area (Å²) in [6.07, 6.45) is 0.754. The van der Waals surface area contributed by atoms with Gasteiger partial charge in [0.1, 0.15) is 5.75 Å². The number of amides is 1. The van der Waals surface area contributed by atoms with Crippen molar-refractivity contribution in [1.29, 1.82) is 0 Å². The lowest BCUT2D eigenvalue weighted by Crippen LogP contribution is -2.31. The summed E-state index contributed by atoms with van der Waals surface area (Å²) in [5.41, 5.74) is 2.39. The van der Waals surface area contributed by atoms with E-state index in [1.165, 1.54) is 0 Å². The average Bonchev–Trinajstić information content (AvgIpc) is 2.67. The van der Waals surface area contributed by atoms with Gasteiger partial charge in [-0.05, 0) is 55.3 Å². The van der Waals surface area contributed by atoms with Crippen LogP contribution in [-0.2, 0) is 16.0 Å². The summed E-state index contributed by atoms with van der Waals surface area (Å²) < 4.78 is 10.0. The van der Waals surface area contributed by atoms with E-state index in [2.05, 4.69) is 10.6 Å². The van der Waals surface area contributed by atoms with E-state index in [1.807, 2.05) is 24.3 Å². The Bertz CT molecular complexity index is 712. The van der Waals surface area contributed by atoms with Gasteiger partial charge < -0.3 is 20.1 Å². The van der Waals surface area contributed by atoms with Gasteiger partial charge in [-0.3, -0.25) is 4.79 Å². The first-order chi connectivity index (χ1) is 12.6. The zero-order valence-corrected chi connectivity index (χ0v) is 15.1. The molecule has 0 spiro atoms. The SMILES string of the molecule is CCOC(=O)c1ccc(NCC(=O)NCCc2ccc(OC)cc2)cc1. The molecular formula is C20H24N2O4. The van der Waals surface area contributed by atoms with Crippen molar-refractivity contribution in [2.45, 2.75) is 13.3 Å². The van der Waals surface area contributed by atoms with Gasteiger partial charge >= 0.3 is 5.97 Å². The normalized spacial score (nSPS) is 10.1. The molecule has 6 nitrogen and oxygen atoms in total. The van der Waals surface area contributed by atoms with Crippen molar-refractivity contribution < 1.29 is 19.1 Å². The predicted octanol–water partition coefficient (Wildman–Crippen LogP) is 2.64. The van der Waals surface area contributed by atoms with Crippen LogP contribution in [0, 0.1) is 0 Å². The molecule has 1 amide bonds. The van der Waals surface area contributed by atoms with Crippen molar-refractivity contribution in [1.82, 2.24) is 5.32 Å². The van der Waals surface area contributed by atoms with Crippen LogP contribution in [0.2, 0.25) is 0 Å². The van der Waals surface area contributed by atoms with Gasteiger partial charge in [-0.2, -0.15) is 0 Å². The molecule has 2 aromatic rings. The van der Waals surface area contributed by atoms with Crippen molar-refractivity contribution in [2.24, 2.45) is 0 Å². The molecule has 0 radical (unpaired) electrons. The third-order valence-electron chi connectivity index (χ3n) is 3.74. The first-order valence-corrected chi connectivity index (χ1v) is 8.53. The Morgan fingerprint density at radius 3 is 2.31 bits per heavy atom. The van der Waals surface area contributed by atoms with Crippen molar-refractivity contribution in [2.75, 3.05) is 32.1 Å². The number of hydrogen-bond acceptors (Lipinski definition) is 5. The van der Waals surface area contributed by atoms with Gasteiger partial charge in [0.25, 0.3) is 0 Å². The van der Waals surface area contributed by atoms with Gasteiger partial charge in [-0.25, -0.2) is 4.79 Å². The summed E-state index contributed by atoms with van der Waals surface area (Å²) >= 11 is 0. The maximum atomic E-state index is 11.9.